The van der Waals surface area contributed by atoms with Crippen LogP contribution in [0.5, 0.6) is 11.5 Å². The highest BCUT2D eigenvalue weighted by atomic mass is 16.5. The van der Waals surface area contributed by atoms with Crippen LogP contribution in [0, 0.1) is 0 Å². The average molecular weight is 357 g/mol. The van der Waals surface area contributed by atoms with E-state index in [2.05, 4.69) is 5.32 Å². The molecule has 2 aromatic carbocycles. The smallest absolute Gasteiger partial charge is 0.338 e. The van der Waals surface area contributed by atoms with Gasteiger partial charge in [0.05, 0.1) is 24.0 Å². The van der Waals surface area contributed by atoms with Crippen LogP contribution in [0.4, 0.5) is 5.69 Å². The highest BCUT2D eigenvalue weighted by Gasteiger charge is 2.12. The molecule has 0 fully saturated rings. The molecule has 1 amide bonds. The van der Waals surface area contributed by atoms with Crippen molar-refractivity contribution in [2.75, 3.05) is 18.5 Å². The number of benzene rings is 2. The second kappa shape index (κ2) is 9.46. The van der Waals surface area contributed by atoms with Crippen molar-refractivity contribution in [1.29, 1.82) is 0 Å². The normalized spacial score (nSPS) is 10.3. The Morgan fingerprint density at radius 2 is 1.73 bits per heavy atom. The number of carbonyl (C=O) groups excluding carboxylic acids is 2. The number of esters is 1. The summed E-state index contributed by atoms with van der Waals surface area (Å²) in [7, 11) is 0. The van der Waals surface area contributed by atoms with Crippen LogP contribution in [0.1, 0.15) is 31.1 Å². The predicted octanol–water partition coefficient (Wildman–Crippen LogP) is 3.67. The summed E-state index contributed by atoms with van der Waals surface area (Å²) in [6.07, 6.45) is 0.0519. The second-order valence-electron chi connectivity index (χ2n) is 5.74. The fourth-order valence-corrected chi connectivity index (χ4v) is 2.19. The molecule has 0 spiro atoms. The summed E-state index contributed by atoms with van der Waals surface area (Å²) in [5.41, 5.74) is 0.884. The van der Waals surface area contributed by atoms with Gasteiger partial charge in [0.15, 0.2) is 6.61 Å². The molecular weight excluding hydrogens is 334 g/mol. The Labute approximate surface area is 153 Å². The number of amides is 1. The van der Waals surface area contributed by atoms with Gasteiger partial charge in [0.2, 0.25) is 0 Å². The van der Waals surface area contributed by atoms with Crippen LogP contribution in [-0.4, -0.2) is 31.2 Å². The van der Waals surface area contributed by atoms with E-state index in [1.165, 1.54) is 0 Å². The van der Waals surface area contributed by atoms with E-state index < -0.39 is 11.9 Å². The van der Waals surface area contributed by atoms with Gasteiger partial charge in [0.1, 0.15) is 11.5 Å². The lowest BCUT2D eigenvalue weighted by Gasteiger charge is -2.12. The number of para-hydroxylation sites is 2. The summed E-state index contributed by atoms with van der Waals surface area (Å²) in [4.78, 5) is 24.1. The number of hydrogen-bond donors (Lipinski definition) is 1. The molecule has 0 heterocycles. The summed E-state index contributed by atoms with van der Waals surface area (Å²) < 4.78 is 16.0. The van der Waals surface area contributed by atoms with Crippen molar-refractivity contribution in [1.82, 2.24) is 0 Å². The van der Waals surface area contributed by atoms with Gasteiger partial charge in [-0.1, -0.05) is 12.1 Å². The van der Waals surface area contributed by atoms with E-state index in [1.54, 1.807) is 42.5 Å². The zero-order valence-electron chi connectivity index (χ0n) is 15.2. The lowest BCUT2D eigenvalue weighted by molar-refractivity contribution is -0.119. The van der Waals surface area contributed by atoms with E-state index in [0.717, 1.165) is 0 Å². The van der Waals surface area contributed by atoms with Crippen molar-refractivity contribution in [3.05, 3.63) is 54.1 Å². The Kier molecular flexibility index (Phi) is 7.02. The maximum Gasteiger partial charge on any atom is 0.338 e. The third-order valence-corrected chi connectivity index (χ3v) is 3.26. The standard InChI is InChI=1S/C20H23NO5/c1-4-24-18-8-6-5-7-17(18)21-19(22)13-25-20(23)15-9-11-16(12-10-15)26-14(2)3/h5-12,14H,4,13H2,1-3H3,(H,21,22). The van der Waals surface area contributed by atoms with Crippen molar-refractivity contribution < 1.29 is 23.8 Å². The number of ether oxygens (including phenoxy) is 3. The molecule has 0 saturated carbocycles. The summed E-state index contributed by atoms with van der Waals surface area (Å²) in [5, 5.41) is 2.67. The molecule has 0 radical (unpaired) electrons. The Bertz CT molecular complexity index is 740. The van der Waals surface area contributed by atoms with Gasteiger partial charge >= 0.3 is 5.97 Å². The van der Waals surface area contributed by atoms with Crippen LogP contribution in [0.3, 0.4) is 0 Å². The zero-order valence-corrected chi connectivity index (χ0v) is 15.2. The Hall–Kier alpha value is -3.02. The van der Waals surface area contributed by atoms with Crippen molar-refractivity contribution in [3.63, 3.8) is 0 Å². The molecule has 0 aromatic heterocycles. The SMILES string of the molecule is CCOc1ccccc1NC(=O)COC(=O)c1ccc(OC(C)C)cc1. The maximum atomic E-state index is 12.0. The molecule has 2 aromatic rings. The highest BCUT2D eigenvalue weighted by Crippen LogP contribution is 2.23. The quantitative estimate of drug-likeness (QED) is 0.730. The largest absolute Gasteiger partial charge is 0.492 e. The third kappa shape index (κ3) is 5.81. The van der Waals surface area contributed by atoms with Crippen LogP contribution < -0.4 is 14.8 Å². The summed E-state index contributed by atoms with van der Waals surface area (Å²) in [5.74, 6) is 0.219. The first kappa shape index (κ1) is 19.3. The van der Waals surface area contributed by atoms with Crippen LogP contribution in [0.25, 0.3) is 0 Å². The van der Waals surface area contributed by atoms with E-state index >= 15 is 0 Å². The summed E-state index contributed by atoms with van der Waals surface area (Å²) >= 11 is 0. The minimum atomic E-state index is -0.575. The minimum Gasteiger partial charge on any atom is -0.492 e. The van der Waals surface area contributed by atoms with Gasteiger partial charge in [-0.25, -0.2) is 4.79 Å². The van der Waals surface area contributed by atoms with Crippen molar-refractivity contribution in [2.24, 2.45) is 0 Å². The molecule has 138 valence electrons. The zero-order chi connectivity index (χ0) is 18.9. The molecule has 0 bridgehead atoms. The van der Waals surface area contributed by atoms with Gasteiger partial charge in [-0.2, -0.15) is 0 Å². The number of anilines is 1. The van der Waals surface area contributed by atoms with Crippen molar-refractivity contribution in [3.8, 4) is 11.5 Å². The minimum absolute atomic E-state index is 0.0519. The molecule has 0 unspecified atom stereocenters. The van der Waals surface area contributed by atoms with Crippen LogP contribution >= 0.6 is 0 Å². The van der Waals surface area contributed by atoms with E-state index in [1.807, 2.05) is 26.8 Å². The maximum absolute atomic E-state index is 12.0. The molecule has 1 N–H and O–H groups in total. The van der Waals surface area contributed by atoms with Gasteiger partial charge in [0.25, 0.3) is 5.91 Å². The first-order valence-electron chi connectivity index (χ1n) is 8.45. The lowest BCUT2D eigenvalue weighted by atomic mass is 10.2. The predicted molar refractivity (Wildman–Crippen MR) is 98.7 cm³/mol. The highest BCUT2D eigenvalue weighted by molar-refractivity contribution is 5.96. The van der Waals surface area contributed by atoms with Gasteiger partial charge in [-0.05, 0) is 57.2 Å². The monoisotopic (exact) mass is 357 g/mol. The van der Waals surface area contributed by atoms with E-state index in [-0.39, 0.29) is 12.7 Å². The van der Waals surface area contributed by atoms with Crippen molar-refractivity contribution >= 4 is 17.6 Å². The van der Waals surface area contributed by atoms with Gasteiger partial charge in [-0.15, -0.1) is 0 Å². The topological polar surface area (TPSA) is 73.9 Å². The fraction of sp³-hybridized carbons (Fsp3) is 0.300. The van der Waals surface area contributed by atoms with Crippen LogP contribution in [0.15, 0.2) is 48.5 Å². The van der Waals surface area contributed by atoms with E-state index in [9.17, 15) is 9.59 Å². The summed E-state index contributed by atoms with van der Waals surface area (Å²) in [6.45, 7) is 5.80. The second-order valence-corrected chi connectivity index (χ2v) is 5.74. The first-order valence-corrected chi connectivity index (χ1v) is 8.45. The number of carbonyl (C=O) groups is 2. The number of hydrogen-bond acceptors (Lipinski definition) is 5. The van der Waals surface area contributed by atoms with Crippen LogP contribution in [0.2, 0.25) is 0 Å². The first-order chi connectivity index (χ1) is 12.5. The molecule has 0 saturated heterocycles. The molecular formula is C20H23NO5. The van der Waals surface area contributed by atoms with Gasteiger partial charge in [0, 0.05) is 0 Å². The molecule has 26 heavy (non-hydrogen) atoms. The molecule has 0 aliphatic carbocycles. The van der Waals surface area contributed by atoms with E-state index in [0.29, 0.717) is 29.4 Å². The van der Waals surface area contributed by atoms with Gasteiger partial charge in [-0.3, -0.25) is 4.79 Å². The Morgan fingerprint density at radius 3 is 2.38 bits per heavy atom. The Morgan fingerprint density at radius 1 is 1.04 bits per heavy atom. The molecule has 6 nitrogen and oxygen atoms in total. The molecule has 6 heteroatoms. The molecule has 2 rings (SSSR count). The number of rotatable bonds is 8. The fourth-order valence-electron chi connectivity index (χ4n) is 2.19. The lowest BCUT2D eigenvalue weighted by Crippen LogP contribution is -2.21. The third-order valence-electron chi connectivity index (χ3n) is 3.26. The van der Waals surface area contributed by atoms with Gasteiger partial charge < -0.3 is 19.5 Å². The number of nitrogens with one attached hydrogen (secondary N) is 1. The molecule has 0 aliphatic rings. The molecule has 0 aliphatic heterocycles. The molecule has 0 atom stereocenters. The summed E-state index contributed by atoms with van der Waals surface area (Å²) in [6, 6.07) is 13.6. The van der Waals surface area contributed by atoms with Crippen LogP contribution in [-0.2, 0) is 9.53 Å². The van der Waals surface area contributed by atoms with Crippen molar-refractivity contribution in [2.45, 2.75) is 26.9 Å². The Balaban J connectivity index is 1.88. The van der Waals surface area contributed by atoms with E-state index in [4.69, 9.17) is 14.2 Å². The average Bonchev–Trinajstić information content (AvgIpc) is 2.62.